The van der Waals surface area contributed by atoms with Crippen LogP contribution in [0.2, 0.25) is 0 Å². The number of benzene rings is 1. The molecule has 118 valence electrons. The summed E-state index contributed by atoms with van der Waals surface area (Å²) in [6.07, 6.45) is 2.61. The summed E-state index contributed by atoms with van der Waals surface area (Å²) in [6, 6.07) is 16.8. The minimum Gasteiger partial charge on any atom is -0.513 e. The second-order valence-corrected chi connectivity index (χ2v) is 4.04. The van der Waals surface area contributed by atoms with E-state index in [1.54, 1.807) is 13.1 Å². The molecule has 1 heterocycles. The van der Waals surface area contributed by atoms with Gasteiger partial charge < -0.3 is 15.2 Å². The zero-order valence-corrected chi connectivity index (χ0v) is 13.7. The molecule has 0 bridgehead atoms. The molecule has 4 heteroatoms. The van der Waals surface area contributed by atoms with Crippen molar-refractivity contribution in [3.8, 4) is 11.3 Å². The molecule has 2 N–H and O–H groups in total. The third-order valence-corrected chi connectivity index (χ3v) is 2.13. The fourth-order valence-electron chi connectivity index (χ4n) is 1.42. The summed E-state index contributed by atoms with van der Waals surface area (Å²) in [5.74, 6) is 0.162. The Morgan fingerprint density at radius 3 is 2.29 bits per heavy atom. The van der Waals surface area contributed by atoms with Crippen molar-refractivity contribution in [3.05, 3.63) is 66.6 Å². The molecule has 3 nitrogen and oxygen atoms in total. The average Bonchev–Trinajstić information content (AvgIpc) is 2.40. The third kappa shape index (κ3) is 10.00. The number of hydrogen-bond acceptors (Lipinski definition) is 3. The van der Waals surface area contributed by atoms with E-state index in [0.717, 1.165) is 11.3 Å². The van der Waals surface area contributed by atoms with Crippen LogP contribution in [-0.2, 0) is 21.1 Å². The molecule has 0 radical (unpaired) electrons. The molecule has 0 saturated heterocycles. The van der Waals surface area contributed by atoms with Gasteiger partial charge in [0, 0.05) is 27.3 Å². The van der Waals surface area contributed by atoms with E-state index in [-0.39, 0.29) is 34.3 Å². The number of aliphatic hydroxyl groups excluding tert-OH is 2. The van der Waals surface area contributed by atoms with Crippen LogP contribution in [0.5, 0.6) is 0 Å². The molecular weight excluding hydrogens is 445 g/mol. The van der Waals surface area contributed by atoms with Crippen LogP contribution in [0.4, 0.5) is 0 Å². The van der Waals surface area contributed by atoms with E-state index in [2.05, 4.69) is 11.1 Å². The Kier molecular flexibility index (Phi) is 12.8. The summed E-state index contributed by atoms with van der Waals surface area (Å²) in [5, 5.41) is 16.9. The normalized spacial score (nSPS) is 11.1. The number of allylic oxidation sites excluding steroid dienone is 1. The number of nitrogens with zero attached hydrogens (tertiary/aromatic N) is 1. The average molecular weight is 467 g/mol. The van der Waals surface area contributed by atoms with Gasteiger partial charge in [-0.25, -0.2) is 0 Å². The summed E-state index contributed by atoms with van der Waals surface area (Å²) in [7, 11) is 0. The second kappa shape index (κ2) is 12.3. The molecule has 21 heavy (non-hydrogen) atoms. The first-order valence-corrected chi connectivity index (χ1v) is 6.03. The Labute approximate surface area is 141 Å². The molecular formula is C17H22NO2Pt-. The maximum absolute atomic E-state index is 8.49. The van der Waals surface area contributed by atoms with Gasteiger partial charge in [-0.05, 0) is 31.7 Å². The Hall–Kier alpha value is -1.44. The standard InChI is InChI=1S/C11H8N.C5H10O2.CH4.Pt/c1-2-6-10(7-3-1)11-8-4-5-9-12-11;1-4(6)3-5(2)7;;/h1-6,8-9H;3-4,6-7H,1-2H3;1H4;/q-1;;;. The van der Waals surface area contributed by atoms with Gasteiger partial charge in [0.05, 0.1) is 11.9 Å². The van der Waals surface area contributed by atoms with Gasteiger partial charge >= 0.3 is 0 Å². The molecule has 1 aromatic carbocycles. The zero-order valence-electron chi connectivity index (χ0n) is 11.4. The molecule has 0 saturated carbocycles. The topological polar surface area (TPSA) is 53.4 Å². The zero-order chi connectivity index (χ0) is 14.1. The third-order valence-electron chi connectivity index (χ3n) is 2.13. The van der Waals surface area contributed by atoms with Crippen LogP contribution in [0.15, 0.2) is 60.5 Å². The molecule has 2 aromatic rings. The first-order chi connectivity index (χ1) is 9.09. The van der Waals surface area contributed by atoms with E-state index in [4.69, 9.17) is 10.2 Å². The molecule has 0 aliphatic heterocycles. The molecule has 1 unspecified atom stereocenters. The van der Waals surface area contributed by atoms with E-state index in [1.807, 2.05) is 42.5 Å². The Balaban J connectivity index is 0. The van der Waals surface area contributed by atoms with Gasteiger partial charge in [-0.15, -0.1) is 35.9 Å². The number of rotatable bonds is 2. The Morgan fingerprint density at radius 2 is 1.90 bits per heavy atom. The van der Waals surface area contributed by atoms with Gasteiger partial charge in [0.2, 0.25) is 0 Å². The van der Waals surface area contributed by atoms with Crippen LogP contribution in [0.1, 0.15) is 21.3 Å². The maximum Gasteiger partial charge on any atom is 0.0877 e. The molecule has 1 atom stereocenters. The fourth-order valence-corrected chi connectivity index (χ4v) is 1.42. The molecule has 0 amide bonds. The van der Waals surface area contributed by atoms with Gasteiger partial charge in [-0.1, -0.05) is 19.6 Å². The van der Waals surface area contributed by atoms with Crippen molar-refractivity contribution < 1.29 is 31.3 Å². The van der Waals surface area contributed by atoms with Gasteiger partial charge in [0.25, 0.3) is 0 Å². The number of aliphatic hydroxyl groups is 2. The van der Waals surface area contributed by atoms with Crippen molar-refractivity contribution in [1.29, 1.82) is 0 Å². The van der Waals surface area contributed by atoms with Crippen LogP contribution in [-0.4, -0.2) is 21.3 Å². The molecule has 2 rings (SSSR count). The summed E-state index contributed by atoms with van der Waals surface area (Å²) in [6.45, 7) is 3.10. The van der Waals surface area contributed by atoms with E-state index in [0.29, 0.717) is 0 Å². The minimum absolute atomic E-state index is 0. The number of pyridine rings is 1. The maximum atomic E-state index is 8.49. The smallest absolute Gasteiger partial charge is 0.0877 e. The first-order valence-electron chi connectivity index (χ1n) is 6.03. The van der Waals surface area contributed by atoms with Crippen molar-refractivity contribution in [2.75, 3.05) is 0 Å². The van der Waals surface area contributed by atoms with E-state index in [1.165, 1.54) is 13.0 Å². The molecule has 0 aliphatic carbocycles. The van der Waals surface area contributed by atoms with Crippen molar-refractivity contribution in [3.63, 3.8) is 0 Å². The molecule has 0 spiro atoms. The summed E-state index contributed by atoms with van der Waals surface area (Å²) < 4.78 is 0. The first kappa shape index (κ1) is 21.8. The molecule has 0 fully saturated rings. The van der Waals surface area contributed by atoms with Crippen molar-refractivity contribution >= 4 is 0 Å². The van der Waals surface area contributed by atoms with Gasteiger partial charge in [0.1, 0.15) is 0 Å². The van der Waals surface area contributed by atoms with Gasteiger partial charge in [-0.2, -0.15) is 0 Å². The van der Waals surface area contributed by atoms with Gasteiger partial charge in [0.15, 0.2) is 0 Å². The second-order valence-electron chi connectivity index (χ2n) is 4.04. The van der Waals surface area contributed by atoms with Crippen LogP contribution >= 0.6 is 0 Å². The predicted octanol–water partition coefficient (Wildman–Crippen LogP) is 4.01. The van der Waals surface area contributed by atoms with Crippen molar-refractivity contribution in [2.45, 2.75) is 27.4 Å². The van der Waals surface area contributed by atoms with Crippen LogP contribution in [0.3, 0.4) is 0 Å². The number of hydrogen-bond donors (Lipinski definition) is 2. The largest absolute Gasteiger partial charge is 0.513 e. The van der Waals surface area contributed by atoms with E-state index >= 15 is 0 Å². The van der Waals surface area contributed by atoms with E-state index in [9.17, 15) is 0 Å². The van der Waals surface area contributed by atoms with Crippen LogP contribution < -0.4 is 0 Å². The van der Waals surface area contributed by atoms with Crippen molar-refractivity contribution in [2.24, 2.45) is 0 Å². The SMILES string of the molecule is C.CC(O)=CC(C)O.[Pt].[c-]1ccccc1-c1ccccn1. The van der Waals surface area contributed by atoms with Gasteiger partial charge in [-0.3, -0.25) is 0 Å². The summed E-state index contributed by atoms with van der Waals surface area (Å²) in [5.41, 5.74) is 2.01. The summed E-state index contributed by atoms with van der Waals surface area (Å²) in [4.78, 5) is 4.22. The van der Waals surface area contributed by atoms with Crippen molar-refractivity contribution in [1.82, 2.24) is 4.98 Å². The van der Waals surface area contributed by atoms with E-state index < -0.39 is 6.10 Å². The summed E-state index contributed by atoms with van der Waals surface area (Å²) >= 11 is 0. The Bertz CT molecular complexity index is 457. The fraction of sp³-hybridized carbons (Fsp3) is 0.235. The minimum atomic E-state index is -0.537. The monoisotopic (exact) mass is 467 g/mol. The number of aromatic nitrogens is 1. The van der Waals surface area contributed by atoms with Crippen LogP contribution in [0.25, 0.3) is 11.3 Å². The molecule has 0 aliphatic rings. The Morgan fingerprint density at radius 1 is 1.24 bits per heavy atom. The quantitative estimate of drug-likeness (QED) is 0.519. The predicted molar refractivity (Wildman–Crippen MR) is 83.3 cm³/mol. The molecule has 1 aromatic heterocycles. The van der Waals surface area contributed by atoms with Crippen LogP contribution in [0, 0.1) is 6.07 Å².